The maximum atomic E-state index is 5.36. The maximum Gasteiger partial charge on any atom is 0.194 e. The summed E-state index contributed by atoms with van der Waals surface area (Å²) in [4.78, 5) is 11.6. The van der Waals surface area contributed by atoms with Crippen molar-refractivity contribution in [1.82, 2.24) is 25.0 Å². The fraction of sp³-hybridized carbons (Fsp3) is 0.409. The van der Waals surface area contributed by atoms with Gasteiger partial charge in [0, 0.05) is 38.5 Å². The van der Waals surface area contributed by atoms with Crippen molar-refractivity contribution >= 4 is 41.3 Å². The summed E-state index contributed by atoms with van der Waals surface area (Å²) in [5.74, 6) is 0.865. The molecule has 1 aromatic carbocycles. The molecule has 7 nitrogen and oxygen atoms in total. The van der Waals surface area contributed by atoms with Crippen molar-refractivity contribution in [3.05, 3.63) is 69.9 Å². The fourth-order valence-corrected chi connectivity index (χ4v) is 3.89. The number of aliphatic imine (C=N–C) groups is 1. The molecule has 31 heavy (non-hydrogen) atoms. The van der Waals surface area contributed by atoms with Gasteiger partial charge in [-0.1, -0.05) is 24.3 Å². The number of ether oxygens (including phenoxy) is 1. The second-order valence-corrected chi connectivity index (χ2v) is 7.99. The van der Waals surface area contributed by atoms with E-state index in [2.05, 4.69) is 56.9 Å². The minimum atomic E-state index is 0. The Hall–Kier alpha value is -1.98. The lowest BCUT2D eigenvalue weighted by molar-refractivity contribution is 0.119. The molecule has 168 valence electrons. The molecule has 0 saturated carbocycles. The van der Waals surface area contributed by atoms with Gasteiger partial charge in [-0.05, 0) is 31.0 Å². The van der Waals surface area contributed by atoms with Gasteiger partial charge in [-0.15, -0.1) is 35.3 Å². The Labute approximate surface area is 205 Å². The van der Waals surface area contributed by atoms with Crippen molar-refractivity contribution in [1.29, 1.82) is 0 Å². The fourth-order valence-electron chi connectivity index (χ4n) is 3.04. The first-order chi connectivity index (χ1) is 14.6. The lowest BCUT2D eigenvalue weighted by atomic mass is 10.1. The molecule has 0 spiro atoms. The number of aromatic nitrogens is 3. The van der Waals surface area contributed by atoms with Crippen LogP contribution in [0.25, 0.3) is 0 Å². The Morgan fingerprint density at radius 1 is 1.32 bits per heavy atom. The predicted molar refractivity (Wildman–Crippen MR) is 137 cm³/mol. The second-order valence-electron chi connectivity index (χ2n) is 7.10. The first-order valence-electron chi connectivity index (χ1n) is 10.1. The summed E-state index contributed by atoms with van der Waals surface area (Å²) in [7, 11) is 3.74. The lowest BCUT2D eigenvalue weighted by Gasteiger charge is -2.21. The Bertz CT molecular complexity index is 943. The number of nitrogens with one attached hydrogen (secondary N) is 1. The van der Waals surface area contributed by atoms with Crippen molar-refractivity contribution in [3.63, 3.8) is 0 Å². The number of hydrogen-bond donors (Lipinski definition) is 1. The highest BCUT2D eigenvalue weighted by molar-refractivity contribution is 14.0. The van der Waals surface area contributed by atoms with Crippen LogP contribution in [0.3, 0.4) is 0 Å². The van der Waals surface area contributed by atoms with Gasteiger partial charge in [0.25, 0.3) is 0 Å². The summed E-state index contributed by atoms with van der Waals surface area (Å²) in [6, 6.07) is 10.4. The van der Waals surface area contributed by atoms with E-state index in [-0.39, 0.29) is 30.1 Å². The molecule has 0 saturated heterocycles. The van der Waals surface area contributed by atoms with Gasteiger partial charge in [-0.25, -0.2) is 9.98 Å². The topological polar surface area (TPSA) is 67.6 Å². The average molecular weight is 555 g/mol. The summed E-state index contributed by atoms with van der Waals surface area (Å²) in [6.45, 7) is 6.97. The molecule has 1 unspecified atom stereocenters. The highest BCUT2D eigenvalue weighted by Crippen LogP contribution is 2.21. The number of thiazole rings is 1. The molecule has 2 heterocycles. The second kappa shape index (κ2) is 12.8. The molecular formula is C22H31IN6OS. The van der Waals surface area contributed by atoms with Crippen LogP contribution in [-0.2, 0) is 24.4 Å². The van der Waals surface area contributed by atoms with E-state index in [1.165, 1.54) is 11.1 Å². The van der Waals surface area contributed by atoms with Crippen LogP contribution < -0.4 is 5.32 Å². The number of methoxy groups -OCH3 is 1. The van der Waals surface area contributed by atoms with Gasteiger partial charge in [0.05, 0.1) is 25.3 Å². The molecule has 0 fully saturated rings. The summed E-state index contributed by atoms with van der Waals surface area (Å²) in [6.07, 6.45) is 3.79. The molecule has 1 atom stereocenters. The van der Waals surface area contributed by atoms with E-state index in [4.69, 9.17) is 9.73 Å². The van der Waals surface area contributed by atoms with Crippen LogP contribution in [0.1, 0.15) is 41.8 Å². The van der Waals surface area contributed by atoms with E-state index in [9.17, 15) is 0 Å². The van der Waals surface area contributed by atoms with Crippen LogP contribution >= 0.6 is 35.3 Å². The molecule has 0 amide bonds. The van der Waals surface area contributed by atoms with Gasteiger partial charge in [0.15, 0.2) is 5.96 Å². The van der Waals surface area contributed by atoms with Crippen LogP contribution in [-0.4, -0.2) is 46.3 Å². The molecule has 3 aromatic rings. The normalized spacial score (nSPS) is 12.3. The zero-order valence-corrected chi connectivity index (χ0v) is 21.6. The number of nitrogens with zero attached hydrogens (tertiary/aromatic N) is 5. The molecule has 0 bridgehead atoms. The largest absolute Gasteiger partial charge is 0.375 e. The Morgan fingerprint density at radius 3 is 2.84 bits per heavy atom. The average Bonchev–Trinajstić information content (AvgIpc) is 3.43. The third kappa shape index (κ3) is 7.58. The summed E-state index contributed by atoms with van der Waals surface area (Å²) in [5, 5.41) is 10.7. The van der Waals surface area contributed by atoms with Crippen LogP contribution in [0.2, 0.25) is 0 Å². The van der Waals surface area contributed by atoms with Crippen LogP contribution in [0.15, 0.2) is 53.1 Å². The van der Waals surface area contributed by atoms with Gasteiger partial charge in [0.1, 0.15) is 11.1 Å². The molecular weight excluding hydrogens is 523 g/mol. The van der Waals surface area contributed by atoms with Gasteiger partial charge in [0.2, 0.25) is 0 Å². The van der Waals surface area contributed by atoms with E-state index in [1.54, 1.807) is 24.6 Å². The highest BCUT2D eigenvalue weighted by atomic mass is 127. The third-order valence-electron chi connectivity index (χ3n) is 4.67. The van der Waals surface area contributed by atoms with E-state index < -0.39 is 0 Å². The third-order valence-corrected chi connectivity index (χ3v) is 5.73. The Morgan fingerprint density at radius 2 is 2.13 bits per heavy atom. The number of benzene rings is 1. The first-order valence-corrected chi connectivity index (χ1v) is 11.0. The SMILES string of the molecule is CCNC(=NCc1cccc(Cn2cccn2)c1)N(C)Cc1csc(C(C)OC)n1.I. The first kappa shape index (κ1) is 25.3. The van der Waals surface area contributed by atoms with Crippen molar-refractivity contribution in [3.8, 4) is 0 Å². The van der Waals surface area contributed by atoms with Crippen molar-refractivity contribution in [2.75, 3.05) is 20.7 Å². The smallest absolute Gasteiger partial charge is 0.194 e. The minimum absolute atomic E-state index is 0. The number of hydrogen-bond acceptors (Lipinski definition) is 5. The Balaban J connectivity index is 0.00000341. The molecule has 0 aliphatic carbocycles. The summed E-state index contributed by atoms with van der Waals surface area (Å²) in [5.41, 5.74) is 3.41. The van der Waals surface area contributed by atoms with Gasteiger partial charge >= 0.3 is 0 Å². The van der Waals surface area contributed by atoms with Crippen molar-refractivity contribution < 1.29 is 4.74 Å². The summed E-state index contributed by atoms with van der Waals surface area (Å²) >= 11 is 1.63. The van der Waals surface area contributed by atoms with Crippen LogP contribution in [0.5, 0.6) is 0 Å². The van der Waals surface area contributed by atoms with E-state index in [0.717, 1.165) is 29.8 Å². The van der Waals surface area contributed by atoms with Crippen molar-refractivity contribution in [2.24, 2.45) is 4.99 Å². The minimum Gasteiger partial charge on any atom is -0.375 e. The van der Waals surface area contributed by atoms with Gasteiger partial charge < -0.3 is 15.0 Å². The number of halogens is 1. The molecule has 3 rings (SSSR count). The quantitative estimate of drug-likeness (QED) is 0.243. The monoisotopic (exact) mass is 554 g/mol. The number of rotatable bonds is 9. The molecule has 0 aliphatic rings. The van der Waals surface area contributed by atoms with E-state index in [1.807, 2.05) is 30.9 Å². The van der Waals surface area contributed by atoms with Crippen LogP contribution in [0.4, 0.5) is 0 Å². The molecule has 2 aromatic heterocycles. The Kier molecular flexibility index (Phi) is 10.4. The standard InChI is InChI=1S/C22H30N6OS.HI/c1-5-23-22(27(3)15-20-16-30-21(26-20)17(2)29-4)24-13-18-8-6-9-19(12-18)14-28-11-7-10-25-28;/h6-12,16-17H,5,13-15H2,1-4H3,(H,23,24);1H. The molecule has 1 N–H and O–H groups in total. The predicted octanol–water partition coefficient (Wildman–Crippen LogP) is 4.31. The molecule has 9 heteroatoms. The van der Waals surface area contributed by atoms with E-state index in [0.29, 0.717) is 13.1 Å². The lowest BCUT2D eigenvalue weighted by Crippen LogP contribution is -2.38. The van der Waals surface area contributed by atoms with Gasteiger partial charge in [-0.2, -0.15) is 5.10 Å². The van der Waals surface area contributed by atoms with Crippen molar-refractivity contribution in [2.45, 2.75) is 39.6 Å². The van der Waals surface area contributed by atoms with Crippen LogP contribution in [0, 0.1) is 0 Å². The zero-order chi connectivity index (χ0) is 21.3. The van der Waals surface area contributed by atoms with Gasteiger partial charge in [-0.3, -0.25) is 4.68 Å². The zero-order valence-electron chi connectivity index (χ0n) is 18.5. The maximum absolute atomic E-state index is 5.36. The highest BCUT2D eigenvalue weighted by Gasteiger charge is 2.12. The molecule has 0 radical (unpaired) electrons. The number of guanidine groups is 1. The molecule has 0 aliphatic heterocycles. The summed E-state index contributed by atoms with van der Waals surface area (Å²) < 4.78 is 7.29. The van der Waals surface area contributed by atoms with E-state index >= 15 is 0 Å².